The van der Waals surface area contributed by atoms with E-state index >= 15 is 0 Å². The first-order valence-corrected chi connectivity index (χ1v) is 9.40. The summed E-state index contributed by atoms with van der Waals surface area (Å²) in [5, 5.41) is 4.46. The average molecular weight is 376 g/mol. The molecular formula is C20H20N6O2. The third-order valence-electron chi connectivity index (χ3n) is 5.08. The Labute approximate surface area is 161 Å². The number of nitrogens with one attached hydrogen (secondary N) is 1. The number of hydrogen-bond donors (Lipinski definition) is 1. The Morgan fingerprint density at radius 2 is 2.07 bits per heavy atom. The molecule has 2 aliphatic rings. The highest BCUT2D eigenvalue weighted by atomic mass is 16.5. The molecule has 0 atom stereocenters. The summed E-state index contributed by atoms with van der Waals surface area (Å²) in [6.07, 6.45) is 3.15. The van der Waals surface area contributed by atoms with Crippen LogP contribution in [0.2, 0.25) is 0 Å². The van der Waals surface area contributed by atoms with Crippen molar-refractivity contribution in [2.45, 2.75) is 6.54 Å². The molecule has 2 aromatic heterocycles. The molecule has 0 saturated carbocycles. The maximum Gasteiger partial charge on any atom is 0.281 e. The van der Waals surface area contributed by atoms with Gasteiger partial charge in [0.15, 0.2) is 0 Å². The summed E-state index contributed by atoms with van der Waals surface area (Å²) in [6, 6.07) is 9.65. The van der Waals surface area contributed by atoms with Gasteiger partial charge in [-0.15, -0.1) is 0 Å². The van der Waals surface area contributed by atoms with Crippen molar-refractivity contribution in [3.63, 3.8) is 0 Å². The lowest BCUT2D eigenvalue weighted by atomic mass is 10.2. The number of amides is 1. The van der Waals surface area contributed by atoms with E-state index in [1.54, 1.807) is 18.3 Å². The molecule has 0 aliphatic carbocycles. The highest BCUT2D eigenvalue weighted by Crippen LogP contribution is 2.28. The molecule has 28 heavy (non-hydrogen) atoms. The average Bonchev–Trinajstić information content (AvgIpc) is 3.25. The minimum Gasteiger partial charge on any atom is -0.378 e. The van der Waals surface area contributed by atoms with Crippen LogP contribution in [0.3, 0.4) is 0 Å². The molecule has 0 unspecified atom stereocenters. The van der Waals surface area contributed by atoms with Crippen LogP contribution >= 0.6 is 0 Å². The molecule has 1 fully saturated rings. The Morgan fingerprint density at radius 1 is 1.18 bits per heavy atom. The summed E-state index contributed by atoms with van der Waals surface area (Å²) in [6.45, 7) is 4.76. The largest absolute Gasteiger partial charge is 0.378 e. The lowest BCUT2D eigenvalue weighted by Gasteiger charge is -2.29. The number of hydrogen-bond acceptors (Lipinski definition) is 6. The van der Waals surface area contributed by atoms with E-state index in [4.69, 9.17) is 4.74 Å². The molecule has 1 saturated heterocycles. The van der Waals surface area contributed by atoms with Crippen LogP contribution in [0.25, 0.3) is 10.9 Å². The van der Waals surface area contributed by atoms with Gasteiger partial charge in [-0.1, -0.05) is 0 Å². The fourth-order valence-electron chi connectivity index (χ4n) is 3.66. The topological polar surface area (TPSA) is 84.6 Å². The Bertz CT molecular complexity index is 1100. The van der Waals surface area contributed by atoms with E-state index in [1.807, 2.05) is 10.6 Å². The summed E-state index contributed by atoms with van der Waals surface area (Å²) in [5.74, 6) is 0.615. The van der Waals surface area contributed by atoms with E-state index in [1.165, 1.54) is 6.20 Å². The Hall–Kier alpha value is -3.26. The first-order valence-electron chi connectivity index (χ1n) is 9.40. The molecule has 142 valence electrons. The van der Waals surface area contributed by atoms with Crippen LogP contribution in [-0.2, 0) is 11.3 Å². The van der Waals surface area contributed by atoms with Crippen LogP contribution < -0.4 is 15.8 Å². The van der Waals surface area contributed by atoms with Gasteiger partial charge >= 0.3 is 0 Å². The standard InChI is InChI=1S/C20H20N6O2/c27-19(14-2-1-5-21-13-14)24-20-23-17-4-3-15(25-8-10-28-11-9-25)12-16(17)18-22-6-7-26(18)20/h1-5,12-13,22H,6-11H2. The molecule has 0 bridgehead atoms. The van der Waals surface area contributed by atoms with Crippen molar-refractivity contribution in [1.29, 1.82) is 0 Å². The van der Waals surface area contributed by atoms with Gasteiger partial charge in [0.1, 0.15) is 5.82 Å². The van der Waals surface area contributed by atoms with Crippen molar-refractivity contribution < 1.29 is 9.53 Å². The van der Waals surface area contributed by atoms with Gasteiger partial charge < -0.3 is 15.0 Å². The lowest BCUT2D eigenvalue weighted by molar-refractivity contribution is 0.0996. The zero-order chi connectivity index (χ0) is 18.9. The van der Waals surface area contributed by atoms with Gasteiger partial charge in [-0.05, 0) is 30.3 Å². The van der Waals surface area contributed by atoms with Gasteiger partial charge in [-0.2, -0.15) is 4.99 Å². The minimum absolute atomic E-state index is 0.341. The quantitative estimate of drug-likeness (QED) is 0.728. The minimum atomic E-state index is -0.341. The molecular weight excluding hydrogens is 356 g/mol. The van der Waals surface area contributed by atoms with Crippen LogP contribution in [0.5, 0.6) is 0 Å². The monoisotopic (exact) mass is 376 g/mol. The predicted octanol–water partition coefficient (Wildman–Crippen LogP) is 1.43. The van der Waals surface area contributed by atoms with E-state index in [9.17, 15) is 4.79 Å². The van der Waals surface area contributed by atoms with Gasteiger partial charge in [0.05, 0.1) is 24.3 Å². The number of morpholine rings is 1. The molecule has 1 amide bonds. The van der Waals surface area contributed by atoms with E-state index in [0.717, 1.165) is 61.8 Å². The van der Waals surface area contributed by atoms with Crippen molar-refractivity contribution in [1.82, 2.24) is 14.5 Å². The molecule has 0 radical (unpaired) electrons. The second kappa shape index (κ2) is 7.05. The second-order valence-electron chi connectivity index (χ2n) is 6.80. The highest BCUT2D eigenvalue weighted by Gasteiger charge is 2.18. The Kier molecular flexibility index (Phi) is 4.25. The van der Waals surface area contributed by atoms with Gasteiger partial charge in [0, 0.05) is 49.6 Å². The zero-order valence-corrected chi connectivity index (χ0v) is 15.3. The molecule has 8 heteroatoms. The fraction of sp³-hybridized carbons (Fsp3) is 0.300. The molecule has 1 aromatic carbocycles. The highest BCUT2D eigenvalue weighted by molar-refractivity contribution is 5.95. The molecule has 8 nitrogen and oxygen atoms in total. The van der Waals surface area contributed by atoms with Crippen molar-refractivity contribution >= 4 is 28.3 Å². The number of carbonyl (C=O) groups is 1. The van der Waals surface area contributed by atoms with Gasteiger partial charge in [0.2, 0.25) is 5.62 Å². The van der Waals surface area contributed by atoms with Crippen LogP contribution in [0, 0.1) is 0 Å². The first-order chi connectivity index (χ1) is 13.8. The number of ether oxygens (including phenoxy) is 1. The Morgan fingerprint density at radius 3 is 2.89 bits per heavy atom. The van der Waals surface area contributed by atoms with E-state index < -0.39 is 0 Å². The van der Waals surface area contributed by atoms with E-state index in [2.05, 4.69) is 37.3 Å². The van der Waals surface area contributed by atoms with Crippen LogP contribution in [0.15, 0.2) is 47.7 Å². The number of anilines is 2. The number of benzene rings is 1. The fourth-order valence-corrected chi connectivity index (χ4v) is 3.66. The summed E-state index contributed by atoms with van der Waals surface area (Å²) in [5.41, 5.74) is 2.84. The third-order valence-corrected chi connectivity index (χ3v) is 5.08. The number of rotatable bonds is 2. The van der Waals surface area contributed by atoms with Crippen molar-refractivity contribution in [2.24, 2.45) is 4.99 Å². The second-order valence-corrected chi connectivity index (χ2v) is 6.80. The maximum atomic E-state index is 12.5. The molecule has 4 heterocycles. The van der Waals surface area contributed by atoms with Gasteiger partial charge in [0.25, 0.3) is 5.91 Å². The molecule has 1 N–H and O–H groups in total. The summed E-state index contributed by atoms with van der Waals surface area (Å²) >= 11 is 0. The van der Waals surface area contributed by atoms with Crippen molar-refractivity contribution in [2.75, 3.05) is 43.1 Å². The molecule has 0 spiro atoms. The van der Waals surface area contributed by atoms with Gasteiger partial charge in [-0.3, -0.25) is 14.3 Å². The number of pyridine rings is 1. The molecule has 2 aliphatic heterocycles. The normalized spacial score (nSPS) is 16.9. The number of nitrogens with zero attached hydrogens (tertiary/aromatic N) is 5. The van der Waals surface area contributed by atoms with Crippen molar-refractivity contribution in [3.05, 3.63) is 53.9 Å². The van der Waals surface area contributed by atoms with Gasteiger partial charge in [-0.25, -0.2) is 4.98 Å². The number of carbonyl (C=O) groups excluding carboxylic acids is 1. The summed E-state index contributed by atoms with van der Waals surface area (Å²) in [4.78, 5) is 27.8. The SMILES string of the molecule is O=C(N=c1nc2ccc(N3CCOCC3)cc2c2n1CCN2)c1cccnc1. The lowest BCUT2D eigenvalue weighted by Crippen LogP contribution is -2.36. The third kappa shape index (κ3) is 3.01. The zero-order valence-electron chi connectivity index (χ0n) is 15.3. The van der Waals surface area contributed by atoms with Crippen LogP contribution in [0.1, 0.15) is 10.4 Å². The van der Waals surface area contributed by atoms with Crippen molar-refractivity contribution in [3.8, 4) is 0 Å². The van der Waals surface area contributed by atoms with E-state index in [-0.39, 0.29) is 5.91 Å². The molecule has 3 aromatic rings. The maximum absolute atomic E-state index is 12.5. The summed E-state index contributed by atoms with van der Waals surface area (Å²) in [7, 11) is 0. The summed E-state index contributed by atoms with van der Waals surface area (Å²) < 4.78 is 7.42. The Balaban J connectivity index is 1.61. The number of aromatic nitrogens is 3. The smallest absolute Gasteiger partial charge is 0.281 e. The van der Waals surface area contributed by atoms with E-state index in [0.29, 0.717) is 11.2 Å². The predicted molar refractivity (Wildman–Crippen MR) is 105 cm³/mol. The first kappa shape index (κ1) is 16.9. The number of fused-ring (bicyclic) bond motifs is 3. The van der Waals surface area contributed by atoms with Crippen LogP contribution in [0.4, 0.5) is 11.5 Å². The van der Waals surface area contributed by atoms with Crippen LogP contribution in [-0.4, -0.2) is 53.3 Å². The molecule has 5 rings (SSSR count).